The number of aryl methyl sites for hydroxylation is 2. The topological polar surface area (TPSA) is 38.0 Å². The normalized spacial score (nSPS) is 20.0. The lowest BCUT2D eigenvalue weighted by atomic mass is 9.78. The molecule has 1 heterocycles. The van der Waals surface area contributed by atoms with E-state index in [1.165, 1.54) is 17.5 Å². The predicted molar refractivity (Wildman–Crippen MR) is 75.0 cm³/mol. The second-order valence-electron chi connectivity index (χ2n) is 5.49. The van der Waals surface area contributed by atoms with E-state index in [0.29, 0.717) is 6.42 Å². The molecule has 1 aliphatic rings. The molecule has 2 atom stereocenters. The van der Waals surface area contributed by atoms with Crippen LogP contribution in [-0.2, 0) is 19.9 Å². The van der Waals surface area contributed by atoms with E-state index >= 15 is 0 Å². The van der Waals surface area contributed by atoms with Gasteiger partial charge in [-0.15, -0.1) is 0 Å². The number of hydrogen-bond acceptors (Lipinski definition) is 2. The summed E-state index contributed by atoms with van der Waals surface area (Å²) in [4.78, 5) is 0. The van der Waals surface area contributed by atoms with Gasteiger partial charge in [0, 0.05) is 25.6 Å². The van der Waals surface area contributed by atoms with E-state index in [4.69, 9.17) is 0 Å². The molecule has 19 heavy (non-hydrogen) atoms. The van der Waals surface area contributed by atoms with Crippen LogP contribution in [-0.4, -0.2) is 21.0 Å². The molecule has 0 fully saturated rings. The average molecular weight is 256 g/mol. The number of fused-ring (bicyclic) bond motifs is 1. The molecule has 2 unspecified atom stereocenters. The Morgan fingerprint density at radius 2 is 2.26 bits per heavy atom. The molecule has 1 aliphatic carbocycles. The Kier molecular flexibility index (Phi) is 3.38. The number of hydrogen-bond donors (Lipinski definition) is 1. The lowest BCUT2D eigenvalue weighted by Gasteiger charge is -2.29. The van der Waals surface area contributed by atoms with E-state index in [2.05, 4.69) is 29.4 Å². The quantitative estimate of drug-likeness (QED) is 0.916. The summed E-state index contributed by atoms with van der Waals surface area (Å²) in [7, 11) is 1.91. The third kappa shape index (κ3) is 2.56. The zero-order chi connectivity index (χ0) is 13.2. The van der Waals surface area contributed by atoms with Gasteiger partial charge in [-0.3, -0.25) is 4.68 Å². The van der Waals surface area contributed by atoms with Crippen LogP contribution in [0.4, 0.5) is 0 Å². The Morgan fingerprint density at radius 1 is 1.42 bits per heavy atom. The zero-order valence-electron chi connectivity index (χ0n) is 11.3. The summed E-state index contributed by atoms with van der Waals surface area (Å²) < 4.78 is 1.79. The van der Waals surface area contributed by atoms with Crippen molar-refractivity contribution in [3.63, 3.8) is 0 Å². The summed E-state index contributed by atoms with van der Waals surface area (Å²) in [6, 6.07) is 8.53. The summed E-state index contributed by atoms with van der Waals surface area (Å²) in [5.74, 6) is 0.269. The summed E-state index contributed by atoms with van der Waals surface area (Å²) >= 11 is 0. The fraction of sp³-hybridized carbons (Fsp3) is 0.438. The SMILES string of the molecule is Cn1cc(CC(O)C2CCCc3ccccc32)cn1. The highest BCUT2D eigenvalue weighted by atomic mass is 16.3. The zero-order valence-corrected chi connectivity index (χ0v) is 11.3. The van der Waals surface area contributed by atoms with E-state index in [-0.39, 0.29) is 12.0 Å². The standard InChI is InChI=1S/C16H20N2O/c1-18-11-12(10-17-18)9-16(19)15-8-4-6-13-5-2-3-7-14(13)15/h2-3,5,7,10-11,15-16,19H,4,6,8-9H2,1H3. The Morgan fingerprint density at radius 3 is 3.05 bits per heavy atom. The Hall–Kier alpha value is -1.61. The van der Waals surface area contributed by atoms with Gasteiger partial charge in [-0.25, -0.2) is 0 Å². The fourth-order valence-electron chi connectivity index (χ4n) is 3.15. The summed E-state index contributed by atoms with van der Waals surface area (Å²) in [5.41, 5.74) is 3.85. The molecule has 0 spiro atoms. The summed E-state index contributed by atoms with van der Waals surface area (Å²) in [6.45, 7) is 0. The number of rotatable bonds is 3. The number of nitrogens with zero attached hydrogens (tertiary/aromatic N) is 2. The molecule has 3 nitrogen and oxygen atoms in total. The summed E-state index contributed by atoms with van der Waals surface area (Å²) in [5, 5.41) is 14.7. The van der Waals surface area contributed by atoms with Gasteiger partial charge in [0.1, 0.15) is 0 Å². The maximum atomic E-state index is 10.5. The van der Waals surface area contributed by atoms with Crippen molar-refractivity contribution in [3.05, 3.63) is 53.3 Å². The molecule has 1 N–H and O–H groups in total. The molecular weight excluding hydrogens is 236 g/mol. The monoisotopic (exact) mass is 256 g/mol. The van der Waals surface area contributed by atoms with Gasteiger partial charge in [-0.1, -0.05) is 24.3 Å². The van der Waals surface area contributed by atoms with Crippen LogP contribution in [0.1, 0.15) is 35.4 Å². The van der Waals surface area contributed by atoms with Crippen molar-refractivity contribution in [2.75, 3.05) is 0 Å². The Balaban J connectivity index is 1.79. The van der Waals surface area contributed by atoms with E-state index in [1.807, 2.05) is 19.4 Å². The first kappa shape index (κ1) is 12.4. The van der Waals surface area contributed by atoms with Crippen molar-refractivity contribution in [2.45, 2.75) is 37.7 Å². The lowest BCUT2D eigenvalue weighted by molar-refractivity contribution is 0.134. The van der Waals surface area contributed by atoms with Gasteiger partial charge in [-0.05, 0) is 36.0 Å². The molecule has 1 aromatic carbocycles. The Bertz CT molecular complexity index is 561. The highest BCUT2D eigenvalue weighted by Crippen LogP contribution is 2.34. The largest absolute Gasteiger partial charge is 0.392 e. The average Bonchev–Trinajstić information content (AvgIpc) is 2.83. The predicted octanol–water partition coefficient (Wildman–Crippen LogP) is 2.44. The molecule has 0 aliphatic heterocycles. The highest BCUT2D eigenvalue weighted by molar-refractivity contribution is 5.33. The molecule has 1 aromatic heterocycles. The van der Waals surface area contributed by atoms with Gasteiger partial charge in [-0.2, -0.15) is 5.10 Å². The van der Waals surface area contributed by atoms with Crippen molar-refractivity contribution in [3.8, 4) is 0 Å². The van der Waals surface area contributed by atoms with E-state index < -0.39 is 0 Å². The minimum absolute atomic E-state index is 0.269. The number of aliphatic hydroxyl groups excluding tert-OH is 1. The van der Waals surface area contributed by atoms with Gasteiger partial charge in [0.2, 0.25) is 0 Å². The van der Waals surface area contributed by atoms with Crippen LogP contribution in [0.2, 0.25) is 0 Å². The molecule has 0 radical (unpaired) electrons. The van der Waals surface area contributed by atoms with Gasteiger partial charge in [0.25, 0.3) is 0 Å². The summed E-state index contributed by atoms with van der Waals surface area (Å²) in [6.07, 6.45) is 7.60. The Labute approximate surface area is 113 Å². The second kappa shape index (κ2) is 5.17. The highest BCUT2D eigenvalue weighted by Gasteiger charge is 2.26. The number of benzene rings is 1. The van der Waals surface area contributed by atoms with Crippen LogP contribution in [0, 0.1) is 0 Å². The maximum absolute atomic E-state index is 10.5. The van der Waals surface area contributed by atoms with Crippen LogP contribution in [0.5, 0.6) is 0 Å². The van der Waals surface area contributed by atoms with Crippen LogP contribution < -0.4 is 0 Å². The van der Waals surface area contributed by atoms with Crippen LogP contribution in [0.3, 0.4) is 0 Å². The molecule has 0 saturated heterocycles. The van der Waals surface area contributed by atoms with Gasteiger partial charge in [0.15, 0.2) is 0 Å². The van der Waals surface area contributed by atoms with Crippen LogP contribution in [0.15, 0.2) is 36.7 Å². The minimum atomic E-state index is -0.314. The maximum Gasteiger partial charge on any atom is 0.0650 e. The van der Waals surface area contributed by atoms with Crippen molar-refractivity contribution in [1.82, 2.24) is 9.78 Å². The first-order chi connectivity index (χ1) is 9.24. The van der Waals surface area contributed by atoms with E-state index in [1.54, 1.807) is 4.68 Å². The van der Waals surface area contributed by atoms with Crippen molar-refractivity contribution in [1.29, 1.82) is 0 Å². The van der Waals surface area contributed by atoms with Crippen molar-refractivity contribution in [2.24, 2.45) is 7.05 Å². The first-order valence-electron chi connectivity index (χ1n) is 6.97. The first-order valence-corrected chi connectivity index (χ1v) is 6.97. The van der Waals surface area contributed by atoms with Crippen LogP contribution in [0.25, 0.3) is 0 Å². The molecule has 0 saturated carbocycles. The lowest BCUT2D eigenvalue weighted by Crippen LogP contribution is -2.24. The van der Waals surface area contributed by atoms with E-state index in [0.717, 1.165) is 18.4 Å². The van der Waals surface area contributed by atoms with Crippen molar-refractivity contribution >= 4 is 0 Å². The molecular formula is C16H20N2O. The minimum Gasteiger partial charge on any atom is -0.392 e. The smallest absolute Gasteiger partial charge is 0.0650 e. The molecule has 0 amide bonds. The molecule has 3 rings (SSSR count). The molecule has 0 bridgehead atoms. The molecule has 2 aromatic rings. The fourth-order valence-corrected chi connectivity index (χ4v) is 3.15. The number of aliphatic hydroxyl groups is 1. The van der Waals surface area contributed by atoms with Crippen molar-refractivity contribution < 1.29 is 5.11 Å². The van der Waals surface area contributed by atoms with Gasteiger partial charge in [0.05, 0.1) is 12.3 Å². The van der Waals surface area contributed by atoms with E-state index in [9.17, 15) is 5.11 Å². The van der Waals surface area contributed by atoms with Crippen LogP contribution >= 0.6 is 0 Å². The molecule has 100 valence electrons. The third-order valence-electron chi connectivity index (χ3n) is 4.08. The van der Waals surface area contributed by atoms with Gasteiger partial charge >= 0.3 is 0 Å². The third-order valence-corrected chi connectivity index (χ3v) is 4.08. The number of aromatic nitrogens is 2. The molecule has 3 heteroatoms. The van der Waals surface area contributed by atoms with Gasteiger partial charge < -0.3 is 5.11 Å². The second-order valence-corrected chi connectivity index (χ2v) is 5.49.